The Hall–Kier alpha value is -1.45. The first-order chi connectivity index (χ1) is 10.9. The predicted octanol–water partition coefficient (Wildman–Crippen LogP) is 5.31. The fraction of sp³-hybridized carbons (Fsp3) is 0.316. The van der Waals surface area contributed by atoms with Gasteiger partial charge in [0.1, 0.15) is 0 Å². The molecule has 4 heteroatoms. The van der Waals surface area contributed by atoms with Gasteiger partial charge < -0.3 is 5.32 Å². The number of carbonyl (C=O) groups is 1. The van der Waals surface area contributed by atoms with Crippen LogP contribution in [-0.4, -0.2) is 11.2 Å². The van der Waals surface area contributed by atoms with Crippen LogP contribution in [0, 0.1) is 13.8 Å². The van der Waals surface area contributed by atoms with Crippen LogP contribution in [0.15, 0.2) is 47.4 Å². The molecule has 2 rings (SSSR count). The summed E-state index contributed by atoms with van der Waals surface area (Å²) >= 11 is 7.42. The number of halogens is 1. The number of hydrogen-bond acceptors (Lipinski definition) is 2. The van der Waals surface area contributed by atoms with E-state index in [0.29, 0.717) is 5.02 Å². The average Bonchev–Trinajstić information content (AvgIpc) is 2.51. The topological polar surface area (TPSA) is 29.1 Å². The second-order valence-electron chi connectivity index (χ2n) is 5.80. The minimum atomic E-state index is -0.163. The zero-order valence-electron chi connectivity index (χ0n) is 13.9. The van der Waals surface area contributed by atoms with Crippen LogP contribution in [-0.2, 0) is 4.79 Å². The van der Waals surface area contributed by atoms with Gasteiger partial charge >= 0.3 is 0 Å². The van der Waals surface area contributed by atoms with E-state index in [4.69, 9.17) is 11.6 Å². The molecular weight excluding hydrogens is 326 g/mol. The van der Waals surface area contributed by atoms with Gasteiger partial charge in [-0.25, -0.2) is 0 Å². The van der Waals surface area contributed by atoms with E-state index < -0.39 is 0 Å². The zero-order chi connectivity index (χ0) is 17.0. The molecule has 0 fully saturated rings. The molecule has 0 aliphatic carbocycles. The van der Waals surface area contributed by atoms with E-state index in [2.05, 4.69) is 37.4 Å². The molecule has 0 unspecified atom stereocenters. The Morgan fingerprint density at radius 3 is 2.39 bits per heavy atom. The van der Waals surface area contributed by atoms with Gasteiger partial charge in [0.25, 0.3) is 0 Å². The molecule has 0 spiro atoms. The first-order valence-electron chi connectivity index (χ1n) is 7.66. The average molecular weight is 348 g/mol. The second-order valence-corrected chi connectivity index (χ2v) is 7.65. The van der Waals surface area contributed by atoms with Gasteiger partial charge in [0.15, 0.2) is 0 Å². The molecule has 122 valence electrons. The summed E-state index contributed by atoms with van der Waals surface area (Å²) in [7, 11) is 0. The number of benzene rings is 2. The first-order valence-corrected chi connectivity index (χ1v) is 8.92. The number of thioether (sulfide) groups is 1. The standard InChI is InChI=1S/C19H22ClNOS/c1-12-5-6-13(2)18(11-12)14(3)21-19(22)15(4)23-17-9-7-16(20)8-10-17/h5-11,14-15H,1-4H3,(H,21,22)/t14-,15+/m1/s1. The van der Waals surface area contributed by atoms with Crippen LogP contribution in [0.3, 0.4) is 0 Å². The molecule has 2 aromatic carbocycles. The highest BCUT2D eigenvalue weighted by Crippen LogP contribution is 2.26. The van der Waals surface area contributed by atoms with Gasteiger partial charge in [0.2, 0.25) is 5.91 Å². The third-order valence-electron chi connectivity index (χ3n) is 3.76. The first kappa shape index (κ1) is 17.9. The van der Waals surface area contributed by atoms with E-state index in [1.807, 2.05) is 38.1 Å². The molecule has 1 N–H and O–H groups in total. The van der Waals surface area contributed by atoms with Crippen molar-refractivity contribution in [3.63, 3.8) is 0 Å². The van der Waals surface area contributed by atoms with E-state index in [1.54, 1.807) is 0 Å². The lowest BCUT2D eigenvalue weighted by Gasteiger charge is -2.20. The van der Waals surface area contributed by atoms with Crippen molar-refractivity contribution in [2.45, 2.75) is 43.9 Å². The van der Waals surface area contributed by atoms with Crippen LogP contribution in [0.4, 0.5) is 0 Å². The minimum absolute atomic E-state index is 0.00401. The van der Waals surface area contributed by atoms with Gasteiger partial charge in [-0.3, -0.25) is 4.79 Å². The molecule has 0 aromatic heterocycles. The third-order valence-corrected chi connectivity index (χ3v) is 5.12. The Balaban J connectivity index is 2.00. The summed E-state index contributed by atoms with van der Waals surface area (Å²) in [5.41, 5.74) is 3.57. The molecule has 0 radical (unpaired) electrons. The van der Waals surface area contributed by atoms with E-state index in [1.165, 1.54) is 28.5 Å². The number of amides is 1. The van der Waals surface area contributed by atoms with Crippen LogP contribution < -0.4 is 5.32 Å². The van der Waals surface area contributed by atoms with Gasteiger partial charge in [-0.15, -0.1) is 11.8 Å². The van der Waals surface area contributed by atoms with E-state index >= 15 is 0 Å². The molecule has 23 heavy (non-hydrogen) atoms. The normalized spacial score (nSPS) is 13.4. The molecule has 1 amide bonds. The van der Waals surface area contributed by atoms with Crippen LogP contribution >= 0.6 is 23.4 Å². The van der Waals surface area contributed by atoms with Crippen LogP contribution in [0.1, 0.15) is 36.6 Å². The molecule has 0 saturated heterocycles. The summed E-state index contributed by atoms with van der Waals surface area (Å²) in [6, 6.07) is 13.9. The Morgan fingerprint density at radius 1 is 1.09 bits per heavy atom. The Kier molecular flexibility index (Phi) is 6.14. The van der Waals surface area contributed by atoms with Crippen molar-refractivity contribution in [1.82, 2.24) is 5.32 Å². The zero-order valence-corrected chi connectivity index (χ0v) is 15.5. The smallest absolute Gasteiger partial charge is 0.233 e. The number of nitrogens with one attached hydrogen (secondary N) is 1. The molecular formula is C19H22ClNOS. The highest BCUT2D eigenvalue weighted by atomic mass is 35.5. The molecule has 2 aromatic rings. The summed E-state index contributed by atoms with van der Waals surface area (Å²) in [6.45, 7) is 8.09. The number of carbonyl (C=O) groups excluding carboxylic acids is 1. The van der Waals surface area contributed by atoms with Gasteiger partial charge in [-0.1, -0.05) is 35.4 Å². The van der Waals surface area contributed by atoms with Gasteiger partial charge in [-0.2, -0.15) is 0 Å². The summed E-state index contributed by atoms with van der Waals surface area (Å²) in [6.07, 6.45) is 0. The van der Waals surface area contributed by atoms with E-state index in [0.717, 1.165) is 4.90 Å². The van der Waals surface area contributed by atoms with Gasteiger partial charge in [0.05, 0.1) is 11.3 Å². The van der Waals surface area contributed by atoms with Crippen molar-refractivity contribution in [2.75, 3.05) is 0 Å². The van der Waals surface area contributed by atoms with Crippen molar-refractivity contribution in [1.29, 1.82) is 0 Å². The third kappa shape index (κ3) is 5.02. The molecule has 0 aliphatic rings. The molecule has 0 saturated carbocycles. The van der Waals surface area contributed by atoms with Crippen LogP contribution in [0.2, 0.25) is 5.02 Å². The quantitative estimate of drug-likeness (QED) is 0.742. The minimum Gasteiger partial charge on any atom is -0.349 e. The molecule has 0 bridgehead atoms. The summed E-state index contributed by atoms with van der Waals surface area (Å²) in [5, 5.41) is 3.65. The second kappa shape index (κ2) is 7.89. The number of rotatable bonds is 5. The van der Waals surface area contributed by atoms with Crippen LogP contribution in [0.25, 0.3) is 0 Å². The van der Waals surface area contributed by atoms with Gasteiger partial charge in [0, 0.05) is 9.92 Å². The SMILES string of the molecule is Cc1ccc(C)c([C@@H](C)NC(=O)[C@H](C)Sc2ccc(Cl)cc2)c1. The largest absolute Gasteiger partial charge is 0.349 e. The van der Waals surface area contributed by atoms with E-state index in [-0.39, 0.29) is 17.2 Å². The number of aryl methyl sites for hydroxylation is 2. The Morgan fingerprint density at radius 2 is 1.74 bits per heavy atom. The van der Waals surface area contributed by atoms with Crippen molar-refractivity contribution < 1.29 is 4.79 Å². The highest BCUT2D eigenvalue weighted by molar-refractivity contribution is 8.00. The molecule has 0 heterocycles. The summed E-state index contributed by atoms with van der Waals surface area (Å²) in [5.74, 6) is 0.0401. The fourth-order valence-electron chi connectivity index (χ4n) is 2.41. The van der Waals surface area contributed by atoms with Gasteiger partial charge in [-0.05, 0) is 63.1 Å². The summed E-state index contributed by atoms with van der Waals surface area (Å²) in [4.78, 5) is 13.5. The monoisotopic (exact) mass is 347 g/mol. The van der Waals surface area contributed by atoms with Crippen molar-refractivity contribution in [2.24, 2.45) is 0 Å². The predicted molar refractivity (Wildman–Crippen MR) is 99.2 cm³/mol. The van der Waals surface area contributed by atoms with Crippen molar-refractivity contribution in [3.05, 3.63) is 64.2 Å². The lowest BCUT2D eigenvalue weighted by atomic mass is 10.00. The maximum Gasteiger partial charge on any atom is 0.233 e. The fourth-order valence-corrected chi connectivity index (χ4v) is 3.41. The Labute approximate surface area is 147 Å². The lowest BCUT2D eigenvalue weighted by molar-refractivity contribution is -0.120. The molecule has 2 nitrogen and oxygen atoms in total. The Bertz CT molecular complexity index is 684. The molecule has 2 atom stereocenters. The van der Waals surface area contributed by atoms with Crippen molar-refractivity contribution in [3.8, 4) is 0 Å². The number of hydrogen-bond donors (Lipinski definition) is 1. The lowest BCUT2D eigenvalue weighted by Crippen LogP contribution is -2.33. The van der Waals surface area contributed by atoms with E-state index in [9.17, 15) is 4.79 Å². The maximum atomic E-state index is 12.4. The highest BCUT2D eigenvalue weighted by Gasteiger charge is 2.18. The maximum absolute atomic E-state index is 12.4. The van der Waals surface area contributed by atoms with Crippen LogP contribution in [0.5, 0.6) is 0 Å². The van der Waals surface area contributed by atoms with Crippen molar-refractivity contribution >= 4 is 29.3 Å². The molecule has 0 aliphatic heterocycles. The summed E-state index contributed by atoms with van der Waals surface area (Å²) < 4.78 is 0.